The lowest BCUT2D eigenvalue weighted by Gasteiger charge is -2.02. The first-order valence-electron chi connectivity index (χ1n) is 4.22. The minimum atomic E-state index is 0.426. The predicted octanol–water partition coefficient (Wildman–Crippen LogP) is 3.06. The average Bonchev–Trinajstić information content (AvgIpc) is 2.20. The number of aromatic nitrogens is 1. The standard InChI is InChI=1S/C11H7BrN2/c12-10-3-1-2-9-8(4-6-13)5-7-14-11(9)10/h1-3,5,7H,4H2. The maximum Gasteiger partial charge on any atom is 0.0847 e. The van der Waals surface area contributed by atoms with Crippen molar-refractivity contribution in [2.24, 2.45) is 0 Å². The van der Waals surface area contributed by atoms with Gasteiger partial charge in [-0.2, -0.15) is 5.26 Å². The number of nitrogens with zero attached hydrogens (tertiary/aromatic N) is 2. The summed E-state index contributed by atoms with van der Waals surface area (Å²) in [5, 5.41) is 9.71. The Bertz CT molecular complexity index is 514. The zero-order chi connectivity index (χ0) is 9.97. The molecule has 0 aliphatic rings. The normalized spacial score (nSPS) is 10.0. The van der Waals surface area contributed by atoms with E-state index in [-0.39, 0.29) is 0 Å². The molecule has 0 aliphatic heterocycles. The van der Waals surface area contributed by atoms with Crippen molar-refractivity contribution >= 4 is 26.8 Å². The van der Waals surface area contributed by atoms with Gasteiger partial charge >= 0.3 is 0 Å². The lowest BCUT2D eigenvalue weighted by atomic mass is 10.1. The zero-order valence-electron chi connectivity index (χ0n) is 7.37. The summed E-state index contributed by atoms with van der Waals surface area (Å²) >= 11 is 3.44. The molecule has 0 bridgehead atoms. The largest absolute Gasteiger partial charge is 0.255 e. The van der Waals surface area contributed by atoms with Gasteiger partial charge in [-0.05, 0) is 33.6 Å². The molecule has 0 fully saturated rings. The molecule has 0 unspecified atom stereocenters. The first kappa shape index (κ1) is 9.17. The van der Waals surface area contributed by atoms with Crippen LogP contribution in [0.4, 0.5) is 0 Å². The van der Waals surface area contributed by atoms with Gasteiger partial charge in [0.15, 0.2) is 0 Å². The quantitative estimate of drug-likeness (QED) is 0.776. The zero-order valence-corrected chi connectivity index (χ0v) is 8.95. The van der Waals surface area contributed by atoms with Crippen LogP contribution in [0.15, 0.2) is 34.9 Å². The first-order valence-corrected chi connectivity index (χ1v) is 5.01. The number of benzene rings is 1. The Hall–Kier alpha value is -1.40. The number of halogens is 1. The first-order chi connectivity index (χ1) is 6.83. The lowest BCUT2D eigenvalue weighted by molar-refractivity contribution is 1.26. The molecular formula is C11H7BrN2. The number of pyridine rings is 1. The monoisotopic (exact) mass is 246 g/mol. The molecule has 0 atom stereocenters. The van der Waals surface area contributed by atoms with Crippen LogP contribution in [0.3, 0.4) is 0 Å². The molecule has 2 nitrogen and oxygen atoms in total. The number of nitriles is 1. The van der Waals surface area contributed by atoms with E-state index in [1.165, 1.54) is 0 Å². The third-order valence-corrected chi connectivity index (χ3v) is 2.72. The molecule has 3 heteroatoms. The van der Waals surface area contributed by atoms with Gasteiger partial charge in [-0.3, -0.25) is 4.98 Å². The molecule has 2 aromatic rings. The molecule has 1 aromatic heterocycles. The Morgan fingerprint density at radius 3 is 3.00 bits per heavy atom. The molecule has 0 amide bonds. The van der Waals surface area contributed by atoms with Crippen molar-refractivity contribution in [3.8, 4) is 6.07 Å². The fraction of sp³-hybridized carbons (Fsp3) is 0.0909. The van der Waals surface area contributed by atoms with Crippen molar-refractivity contribution in [2.75, 3.05) is 0 Å². The van der Waals surface area contributed by atoms with Crippen LogP contribution in [-0.2, 0) is 6.42 Å². The predicted molar refractivity (Wildman–Crippen MR) is 58.8 cm³/mol. The Kier molecular flexibility index (Phi) is 2.47. The molecule has 0 saturated heterocycles. The summed E-state index contributed by atoms with van der Waals surface area (Å²) in [7, 11) is 0. The van der Waals surface area contributed by atoms with E-state index in [0.29, 0.717) is 6.42 Å². The highest BCUT2D eigenvalue weighted by atomic mass is 79.9. The summed E-state index contributed by atoms with van der Waals surface area (Å²) in [5.41, 5.74) is 1.94. The van der Waals surface area contributed by atoms with Crippen molar-refractivity contribution in [1.29, 1.82) is 5.26 Å². The molecular weight excluding hydrogens is 240 g/mol. The second kappa shape index (κ2) is 3.77. The Balaban J connectivity index is 2.76. The van der Waals surface area contributed by atoms with Gasteiger partial charge in [0, 0.05) is 16.1 Å². The second-order valence-electron chi connectivity index (χ2n) is 2.94. The highest BCUT2D eigenvalue weighted by Gasteiger charge is 2.03. The van der Waals surface area contributed by atoms with Gasteiger partial charge in [-0.25, -0.2) is 0 Å². The fourth-order valence-electron chi connectivity index (χ4n) is 1.44. The lowest BCUT2D eigenvalue weighted by Crippen LogP contribution is -1.87. The van der Waals surface area contributed by atoms with Crippen LogP contribution in [0.25, 0.3) is 10.9 Å². The fourth-order valence-corrected chi connectivity index (χ4v) is 1.91. The van der Waals surface area contributed by atoms with Gasteiger partial charge in [0.2, 0.25) is 0 Å². The molecule has 0 spiro atoms. The van der Waals surface area contributed by atoms with Crippen molar-refractivity contribution in [3.05, 3.63) is 40.5 Å². The Morgan fingerprint density at radius 1 is 1.36 bits per heavy atom. The maximum absolute atomic E-state index is 8.67. The summed E-state index contributed by atoms with van der Waals surface area (Å²) in [6, 6.07) is 9.93. The van der Waals surface area contributed by atoms with E-state index in [2.05, 4.69) is 27.0 Å². The van der Waals surface area contributed by atoms with E-state index < -0.39 is 0 Å². The van der Waals surface area contributed by atoms with Crippen LogP contribution in [0.5, 0.6) is 0 Å². The van der Waals surface area contributed by atoms with Gasteiger partial charge < -0.3 is 0 Å². The van der Waals surface area contributed by atoms with Crippen LogP contribution in [-0.4, -0.2) is 4.98 Å². The Labute approximate surface area is 90.3 Å². The van der Waals surface area contributed by atoms with E-state index in [4.69, 9.17) is 5.26 Å². The van der Waals surface area contributed by atoms with Crippen molar-refractivity contribution < 1.29 is 0 Å². The number of para-hydroxylation sites is 1. The minimum Gasteiger partial charge on any atom is -0.255 e. The van der Waals surface area contributed by atoms with E-state index in [1.54, 1.807) is 6.20 Å². The highest BCUT2D eigenvalue weighted by Crippen LogP contribution is 2.24. The summed E-state index contributed by atoms with van der Waals surface area (Å²) < 4.78 is 0.967. The summed E-state index contributed by atoms with van der Waals surface area (Å²) in [6.07, 6.45) is 2.16. The SMILES string of the molecule is N#CCc1ccnc2c(Br)cccc12. The van der Waals surface area contributed by atoms with E-state index >= 15 is 0 Å². The third kappa shape index (κ3) is 1.49. The van der Waals surface area contributed by atoms with E-state index in [0.717, 1.165) is 20.9 Å². The summed E-state index contributed by atoms with van der Waals surface area (Å²) in [6.45, 7) is 0. The third-order valence-electron chi connectivity index (χ3n) is 2.08. The van der Waals surface area contributed by atoms with Crippen LogP contribution in [0.2, 0.25) is 0 Å². The number of hydrogen-bond acceptors (Lipinski definition) is 2. The number of hydrogen-bond donors (Lipinski definition) is 0. The second-order valence-corrected chi connectivity index (χ2v) is 3.80. The van der Waals surface area contributed by atoms with Crippen LogP contribution < -0.4 is 0 Å². The molecule has 1 heterocycles. The molecule has 0 saturated carbocycles. The van der Waals surface area contributed by atoms with Gasteiger partial charge in [-0.1, -0.05) is 12.1 Å². The van der Waals surface area contributed by atoms with Crippen molar-refractivity contribution in [1.82, 2.24) is 4.98 Å². The van der Waals surface area contributed by atoms with E-state index in [1.807, 2.05) is 24.3 Å². The molecule has 14 heavy (non-hydrogen) atoms. The van der Waals surface area contributed by atoms with Crippen molar-refractivity contribution in [3.63, 3.8) is 0 Å². The highest BCUT2D eigenvalue weighted by molar-refractivity contribution is 9.10. The summed E-state index contributed by atoms with van der Waals surface area (Å²) in [5.74, 6) is 0. The topological polar surface area (TPSA) is 36.7 Å². The van der Waals surface area contributed by atoms with Crippen LogP contribution in [0.1, 0.15) is 5.56 Å². The van der Waals surface area contributed by atoms with Gasteiger partial charge in [0.25, 0.3) is 0 Å². The van der Waals surface area contributed by atoms with Crippen LogP contribution >= 0.6 is 15.9 Å². The molecule has 68 valence electrons. The molecule has 1 aromatic carbocycles. The molecule has 0 aliphatic carbocycles. The summed E-state index contributed by atoms with van der Waals surface area (Å²) in [4.78, 5) is 4.27. The maximum atomic E-state index is 8.67. The minimum absolute atomic E-state index is 0.426. The van der Waals surface area contributed by atoms with Gasteiger partial charge in [-0.15, -0.1) is 0 Å². The smallest absolute Gasteiger partial charge is 0.0847 e. The molecule has 0 radical (unpaired) electrons. The Morgan fingerprint density at radius 2 is 2.21 bits per heavy atom. The average molecular weight is 247 g/mol. The molecule has 2 rings (SSSR count). The molecule has 0 N–H and O–H groups in total. The van der Waals surface area contributed by atoms with Crippen LogP contribution in [0, 0.1) is 11.3 Å². The number of rotatable bonds is 1. The van der Waals surface area contributed by atoms with E-state index in [9.17, 15) is 0 Å². The van der Waals surface area contributed by atoms with Gasteiger partial charge in [0.1, 0.15) is 0 Å². The van der Waals surface area contributed by atoms with Crippen molar-refractivity contribution in [2.45, 2.75) is 6.42 Å². The van der Waals surface area contributed by atoms with Gasteiger partial charge in [0.05, 0.1) is 18.0 Å². The number of fused-ring (bicyclic) bond motifs is 1.